The van der Waals surface area contributed by atoms with Crippen molar-refractivity contribution in [2.24, 2.45) is 29.6 Å². The van der Waals surface area contributed by atoms with Crippen molar-refractivity contribution in [2.45, 2.75) is 103 Å². The average Bonchev–Trinajstić information content (AvgIpc) is 2.85. The van der Waals surface area contributed by atoms with Crippen LogP contribution in [-0.2, 0) is 28.6 Å². The molecule has 0 amide bonds. The second-order valence-corrected chi connectivity index (χ2v) is 10.3. The maximum Gasteiger partial charge on any atom is 0.333 e. The van der Waals surface area contributed by atoms with Crippen molar-refractivity contribution in [2.75, 3.05) is 6.79 Å². The van der Waals surface area contributed by atoms with Gasteiger partial charge in [-0.25, -0.2) is 4.79 Å². The zero-order chi connectivity index (χ0) is 23.6. The van der Waals surface area contributed by atoms with Gasteiger partial charge in [0.05, 0.1) is 11.8 Å². The lowest BCUT2D eigenvalue weighted by molar-refractivity contribution is -0.170. The molecule has 0 radical (unpaired) electrons. The number of carbonyl (C=O) groups excluding carboxylic acids is 3. The van der Waals surface area contributed by atoms with E-state index in [1.165, 1.54) is 51.4 Å². The molecule has 0 atom stereocenters. The highest BCUT2D eigenvalue weighted by atomic mass is 16.7. The molecule has 3 rings (SSSR count). The van der Waals surface area contributed by atoms with Crippen LogP contribution in [0.4, 0.5) is 0 Å². The van der Waals surface area contributed by atoms with E-state index in [1.54, 1.807) is 0 Å². The largest absolute Gasteiger partial charge is 0.462 e. The molecule has 0 aromatic rings. The van der Waals surface area contributed by atoms with E-state index in [9.17, 15) is 14.4 Å². The smallest absolute Gasteiger partial charge is 0.333 e. The Bertz CT molecular complexity index is 650. The number of esters is 3. The molecule has 0 saturated heterocycles. The molecule has 0 spiro atoms. The maximum absolute atomic E-state index is 12.7. The Kier molecular flexibility index (Phi) is 10.3. The second kappa shape index (κ2) is 13.1. The standard InChI is InChI=1S/C27H42O6/c1-3-5-19-6-8-20(9-7-19)21-14-16-24(17-15-21)33-27(30)23-12-10-22(11-13-23)26(29)32-18-31-25(28)4-2/h4,19-24H,2-3,5-18H2,1H3. The SMILES string of the molecule is C=CC(=O)OCOC(=O)C1CCC(C(=O)OC2CCC(C3CCC(CCC)CC3)CC2)CC1. The molecule has 0 aliphatic heterocycles. The molecule has 3 saturated carbocycles. The minimum atomic E-state index is -0.623. The van der Waals surface area contributed by atoms with Gasteiger partial charge < -0.3 is 14.2 Å². The van der Waals surface area contributed by atoms with Gasteiger partial charge in [0.25, 0.3) is 0 Å². The van der Waals surface area contributed by atoms with Crippen LogP contribution in [0.5, 0.6) is 0 Å². The first kappa shape index (κ1) is 25.8. The number of hydrogen-bond acceptors (Lipinski definition) is 6. The number of rotatable bonds is 9. The van der Waals surface area contributed by atoms with Crippen LogP contribution in [0.25, 0.3) is 0 Å². The van der Waals surface area contributed by atoms with E-state index >= 15 is 0 Å². The Morgan fingerprint density at radius 3 is 1.85 bits per heavy atom. The van der Waals surface area contributed by atoms with E-state index in [-0.39, 0.29) is 29.9 Å². The maximum atomic E-state index is 12.7. The summed E-state index contributed by atoms with van der Waals surface area (Å²) in [4.78, 5) is 35.8. The highest BCUT2D eigenvalue weighted by Crippen LogP contribution is 2.41. The van der Waals surface area contributed by atoms with Crippen molar-refractivity contribution in [3.8, 4) is 0 Å². The lowest BCUT2D eigenvalue weighted by Crippen LogP contribution is -2.33. The fraction of sp³-hybridized carbons (Fsp3) is 0.815. The van der Waals surface area contributed by atoms with Crippen LogP contribution in [-0.4, -0.2) is 30.8 Å². The lowest BCUT2D eigenvalue weighted by atomic mass is 9.70. The summed E-state index contributed by atoms with van der Waals surface area (Å²) in [5, 5.41) is 0. The first-order valence-corrected chi connectivity index (χ1v) is 13.2. The summed E-state index contributed by atoms with van der Waals surface area (Å²) in [5.74, 6) is 1.18. The highest BCUT2D eigenvalue weighted by Gasteiger charge is 2.35. The number of hydrogen-bond donors (Lipinski definition) is 0. The minimum Gasteiger partial charge on any atom is -0.462 e. The second-order valence-electron chi connectivity index (χ2n) is 10.3. The zero-order valence-electron chi connectivity index (χ0n) is 20.3. The molecule has 3 fully saturated rings. The van der Waals surface area contributed by atoms with Gasteiger partial charge in [0, 0.05) is 6.08 Å². The molecule has 6 nitrogen and oxygen atoms in total. The van der Waals surface area contributed by atoms with Crippen molar-refractivity contribution in [1.82, 2.24) is 0 Å². The highest BCUT2D eigenvalue weighted by molar-refractivity contribution is 5.81. The first-order chi connectivity index (χ1) is 16.0. The minimum absolute atomic E-state index is 0.0624. The van der Waals surface area contributed by atoms with E-state index in [2.05, 4.69) is 18.2 Å². The van der Waals surface area contributed by atoms with Gasteiger partial charge in [0.1, 0.15) is 6.10 Å². The third-order valence-electron chi connectivity index (χ3n) is 8.22. The van der Waals surface area contributed by atoms with Crippen LogP contribution in [0, 0.1) is 29.6 Å². The van der Waals surface area contributed by atoms with Crippen molar-refractivity contribution in [3.05, 3.63) is 12.7 Å². The third-order valence-corrected chi connectivity index (χ3v) is 8.22. The number of carbonyl (C=O) groups is 3. The first-order valence-electron chi connectivity index (χ1n) is 13.2. The molecular formula is C27H42O6. The monoisotopic (exact) mass is 462 g/mol. The van der Waals surface area contributed by atoms with Gasteiger partial charge in [-0.15, -0.1) is 0 Å². The summed E-state index contributed by atoms with van der Waals surface area (Å²) in [5.41, 5.74) is 0. The van der Waals surface area contributed by atoms with Crippen LogP contribution in [0.1, 0.15) is 96.8 Å². The van der Waals surface area contributed by atoms with Gasteiger partial charge >= 0.3 is 17.9 Å². The molecule has 6 heteroatoms. The van der Waals surface area contributed by atoms with E-state index < -0.39 is 12.8 Å². The fourth-order valence-corrected chi connectivity index (χ4v) is 6.18. The summed E-state index contributed by atoms with van der Waals surface area (Å²) < 4.78 is 15.6. The molecule has 33 heavy (non-hydrogen) atoms. The lowest BCUT2D eigenvalue weighted by Gasteiger charge is -2.38. The zero-order valence-corrected chi connectivity index (χ0v) is 20.3. The van der Waals surface area contributed by atoms with Crippen LogP contribution in [0.2, 0.25) is 0 Å². The van der Waals surface area contributed by atoms with E-state index in [1.807, 2.05) is 0 Å². The van der Waals surface area contributed by atoms with Crippen molar-refractivity contribution in [1.29, 1.82) is 0 Å². The normalized spacial score (nSPS) is 32.4. The van der Waals surface area contributed by atoms with Gasteiger partial charge in [-0.3, -0.25) is 9.59 Å². The molecule has 0 unspecified atom stereocenters. The average molecular weight is 463 g/mol. The van der Waals surface area contributed by atoms with Gasteiger partial charge in [0.2, 0.25) is 6.79 Å². The predicted octanol–water partition coefficient (Wildman–Crippen LogP) is 5.73. The summed E-state index contributed by atoms with van der Waals surface area (Å²) in [6, 6.07) is 0. The summed E-state index contributed by atoms with van der Waals surface area (Å²) in [6.07, 6.45) is 16.2. The Hall–Kier alpha value is -1.85. The topological polar surface area (TPSA) is 78.9 Å². The molecule has 0 aromatic heterocycles. The summed E-state index contributed by atoms with van der Waals surface area (Å²) >= 11 is 0. The van der Waals surface area contributed by atoms with Gasteiger partial charge in [-0.2, -0.15) is 0 Å². The molecule has 0 heterocycles. The predicted molar refractivity (Wildman–Crippen MR) is 125 cm³/mol. The van der Waals surface area contributed by atoms with Crippen LogP contribution in [0.3, 0.4) is 0 Å². The Morgan fingerprint density at radius 1 is 0.758 bits per heavy atom. The van der Waals surface area contributed by atoms with Crippen molar-refractivity contribution >= 4 is 17.9 Å². The van der Waals surface area contributed by atoms with Crippen molar-refractivity contribution in [3.63, 3.8) is 0 Å². The molecule has 186 valence electrons. The molecule has 0 N–H and O–H groups in total. The number of ether oxygens (including phenoxy) is 3. The van der Waals surface area contributed by atoms with Crippen LogP contribution < -0.4 is 0 Å². The van der Waals surface area contributed by atoms with Crippen LogP contribution >= 0.6 is 0 Å². The summed E-state index contributed by atoms with van der Waals surface area (Å²) in [7, 11) is 0. The van der Waals surface area contributed by atoms with Crippen molar-refractivity contribution < 1.29 is 28.6 Å². The third kappa shape index (κ3) is 7.86. The van der Waals surface area contributed by atoms with E-state index in [0.29, 0.717) is 25.7 Å². The van der Waals surface area contributed by atoms with E-state index in [4.69, 9.17) is 9.47 Å². The molecule has 0 bridgehead atoms. The van der Waals surface area contributed by atoms with Gasteiger partial charge in [-0.05, 0) is 82.0 Å². The molecule has 3 aliphatic rings. The Morgan fingerprint density at radius 2 is 1.30 bits per heavy atom. The van der Waals surface area contributed by atoms with Crippen LogP contribution in [0.15, 0.2) is 12.7 Å². The van der Waals surface area contributed by atoms with E-state index in [0.717, 1.165) is 36.7 Å². The quantitative estimate of drug-likeness (QED) is 0.247. The van der Waals surface area contributed by atoms with Gasteiger partial charge in [0.15, 0.2) is 0 Å². The molecular weight excluding hydrogens is 420 g/mol. The Balaban J connectivity index is 1.30. The fourth-order valence-electron chi connectivity index (χ4n) is 6.18. The van der Waals surface area contributed by atoms with Gasteiger partial charge in [-0.1, -0.05) is 39.2 Å². The molecule has 3 aliphatic carbocycles. The Labute approximate surface area is 198 Å². The summed E-state index contributed by atoms with van der Waals surface area (Å²) in [6.45, 7) is 5.19. The molecule has 0 aromatic carbocycles.